The molecule has 0 radical (unpaired) electrons. The Morgan fingerprint density at radius 1 is 1.05 bits per heavy atom. The van der Waals surface area contributed by atoms with Crippen LogP contribution in [0.4, 0.5) is 0 Å². The zero-order valence-corrected chi connectivity index (χ0v) is 13.7. The second-order valence-electron chi connectivity index (χ2n) is 4.80. The van der Waals surface area contributed by atoms with Crippen molar-refractivity contribution in [2.75, 3.05) is 12.8 Å². The highest BCUT2D eigenvalue weighted by atomic mass is 28.4. The first-order valence-electron chi connectivity index (χ1n) is 7.27. The maximum absolute atomic E-state index is 11.6. The second-order valence-corrected chi connectivity index (χ2v) is 8.19. The van der Waals surface area contributed by atoms with Gasteiger partial charge in [-0.3, -0.25) is 0 Å². The Morgan fingerprint density at radius 3 is 1.95 bits per heavy atom. The van der Waals surface area contributed by atoms with Gasteiger partial charge in [0.2, 0.25) is 0 Å². The summed E-state index contributed by atoms with van der Waals surface area (Å²) in [4.78, 5) is 11.6. The van der Waals surface area contributed by atoms with E-state index < -0.39 is 14.3 Å². The van der Waals surface area contributed by atoms with E-state index in [9.17, 15) is 4.79 Å². The highest BCUT2D eigenvalue weighted by Gasteiger charge is 2.41. The predicted octanol–water partition coefficient (Wildman–Crippen LogP) is 2.05. The fourth-order valence-corrected chi connectivity index (χ4v) is 5.82. The Labute approximate surface area is 132 Å². The van der Waals surface area contributed by atoms with Crippen molar-refractivity contribution in [3.8, 4) is 0 Å². The van der Waals surface area contributed by atoms with Crippen LogP contribution in [0.15, 0.2) is 73.3 Å². The summed E-state index contributed by atoms with van der Waals surface area (Å²) in [7, 11) is -2.62. The quantitative estimate of drug-likeness (QED) is 0.446. The lowest BCUT2D eigenvalue weighted by molar-refractivity contribution is -0.136. The molecule has 0 aliphatic heterocycles. The first-order valence-corrected chi connectivity index (χ1v) is 9.38. The van der Waals surface area contributed by atoms with Gasteiger partial charge in [-0.2, -0.15) is 0 Å². The van der Waals surface area contributed by atoms with Gasteiger partial charge in [0.05, 0.1) is 0 Å². The van der Waals surface area contributed by atoms with Gasteiger partial charge in [0.15, 0.2) is 0 Å². The van der Waals surface area contributed by atoms with Crippen LogP contribution in [0.2, 0.25) is 0 Å². The molecule has 22 heavy (non-hydrogen) atoms. The molecule has 0 atom stereocenters. The molecule has 0 heterocycles. The monoisotopic (exact) mass is 312 g/mol. The van der Waals surface area contributed by atoms with Crippen molar-refractivity contribution >= 4 is 24.7 Å². The molecule has 2 aromatic rings. The van der Waals surface area contributed by atoms with Crippen molar-refractivity contribution in [1.82, 2.24) is 0 Å². The van der Waals surface area contributed by atoms with E-state index >= 15 is 0 Å². The minimum atomic E-state index is -2.62. The third kappa shape index (κ3) is 3.53. The van der Waals surface area contributed by atoms with Crippen LogP contribution in [0, 0.1) is 0 Å². The van der Waals surface area contributed by atoms with Gasteiger partial charge in [0.1, 0.15) is 6.23 Å². The van der Waals surface area contributed by atoms with Crippen molar-refractivity contribution in [3.05, 3.63) is 73.3 Å². The summed E-state index contributed by atoms with van der Waals surface area (Å²) in [5, 5.41) is 2.17. The topological polar surface area (TPSA) is 35.5 Å². The molecule has 114 valence electrons. The average Bonchev–Trinajstić information content (AvgIpc) is 2.60. The van der Waals surface area contributed by atoms with Gasteiger partial charge < -0.3 is 9.16 Å². The zero-order chi connectivity index (χ0) is 15.8. The van der Waals surface area contributed by atoms with Crippen molar-refractivity contribution in [1.29, 1.82) is 0 Å². The highest BCUT2D eigenvalue weighted by molar-refractivity contribution is 6.97. The van der Waals surface area contributed by atoms with Crippen LogP contribution in [-0.4, -0.2) is 27.1 Å². The third-order valence-corrected chi connectivity index (χ3v) is 7.32. The molecule has 0 amide bonds. The molecule has 0 fully saturated rings. The molecule has 0 saturated heterocycles. The van der Waals surface area contributed by atoms with E-state index in [0.717, 1.165) is 10.4 Å². The Bertz CT molecular complexity index is 571. The average molecular weight is 312 g/mol. The summed E-state index contributed by atoms with van der Waals surface area (Å²) in [5.74, 6) is -0.427. The summed E-state index contributed by atoms with van der Waals surface area (Å²) >= 11 is 0. The minimum absolute atomic E-state index is 0.236. The van der Waals surface area contributed by atoms with E-state index in [1.165, 1.54) is 6.08 Å². The fourth-order valence-electron chi connectivity index (χ4n) is 2.43. The van der Waals surface area contributed by atoms with Gasteiger partial charge in [0.25, 0.3) is 8.32 Å². The van der Waals surface area contributed by atoms with Crippen molar-refractivity contribution in [3.63, 3.8) is 0 Å². The predicted molar refractivity (Wildman–Crippen MR) is 90.7 cm³/mol. The molecular formula is C18H20O3Si. The lowest BCUT2D eigenvalue weighted by Crippen LogP contribution is -2.64. The minimum Gasteiger partial charge on any atom is -0.462 e. The first kappa shape index (κ1) is 16.2. The van der Waals surface area contributed by atoms with Gasteiger partial charge in [-0.05, 0) is 17.3 Å². The maximum atomic E-state index is 11.6. The number of esters is 1. The lowest BCUT2D eigenvalue weighted by Gasteiger charge is -2.31. The van der Waals surface area contributed by atoms with E-state index in [1.807, 2.05) is 67.6 Å². The van der Waals surface area contributed by atoms with E-state index in [-0.39, 0.29) is 6.23 Å². The van der Waals surface area contributed by atoms with E-state index in [1.54, 1.807) is 0 Å². The van der Waals surface area contributed by atoms with Crippen LogP contribution >= 0.6 is 0 Å². The van der Waals surface area contributed by atoms with Gasteiger partial charge in [-0.1, -0.05) is 67.2 Å². The Hall–Kier alpha value is -2.17. The normalized spacial score (nSPS) is 11.0. The fraction of sp³-hybridized carbons (Fsp3) is 0.167. The van der Waals surface area contributed by atoms with Crippen LogP contribution in [-0.2, 0) is 14.0 Å². The van der Waals surface area contributed by atoms with Crippen LogP contribution in [0.25, 0.3) is 0 Å². The molecule has 2 rings (SSSR count). The molecule has 0 aliphatic rings. The smallest absolute Gasteiger partial charge is 0.329 e. The zero-order valence-electron chi connectivity index (χ0n) is 12.7. The number of ether oxygens (including phenoxy) is 1. The molecular weight excluding hydrogens is 292 g/mol. The second kappa shape index (κ2) is 7.73. The summed E-state index contributed by atoms with van der Waals surface area (Å²) in [6.45, 7) is 5.97. The summed E-state index contributed by atoms with van der Waals surface area (Å²) < 4.78 is 11.6. The summed E-state index contributed by atoms with van der Waals surface area (Å²) in [6.07, 6.45) is 1.42. The number of carbonyl (C=O) groups excluding carboxylic acids is 1. The van der Waals surface area contributed by atoms with Crippen molar-refractivity contribution in [2.45, 2.75) is 6.92 Å². The van der Waals surface area contributed by atoms with Crippen LogP contribution < -0.4 is 10.4 Å². The van der Waals surface area contributed by atoms with E-state index in [2.05, 4.69) is 6.58 Å². The van der Waals surface area contributed by atoms with Gasteiger partial charge >= 0.3 is 5.97 Å². The van der Waals surface area contributed by atoms with Crippen molar-refractivity contribution in [2.24, 2.45) is 0 Å². The standard InChI is InChI=1S/C18H20O3Si/c1-3-18(19)20-15-22(21-4-2,16-11-7-5-8-12-16)17-13-9-6-10-14-17/h3,5-14H,1,4,15H2,2H3. The van der Waals surface area contributed by atoms with E-state index in [4.69, 9.17) is 9.16 Å². The molecule has 0 aliphatic carbocycles. The summed E-state index contributed by atoms with van der Waals surface area (Å²) in [6, 6.07) is 20.0. The molecule has 0 saturated carbocycles. The maximum Gasteiger partial charge on any atom is 0.329 e. The molecule has 0 spiro atoms. The SMILES string of the molecule is C=CC(=O)OC[Si](OCC)(c1ccccc1)c1ccccc1. The Balaban J connectivity index is 2.49. The number of carbonyl (C=O) groups is 1. The van der Waals surface area contributed by atoms with Crippen LogP contribution in [0.3, 0.4) is 0 Å². The van der Waals surface area contributed by atoms with Gasteiger partial charge in [-0.15, -0.1) is 0 Å². The number of benzene rings is 2. The van der Waals surface area contributed by atoms with E-state index in [0.29, 0.717) is 6.61 Å². The molecule has 4 heteroatoms. The van der Waals surface area contributed by atoms with Crippen molar-refractivity contribution < 1.29 is 14.0 Å². The number of rotatable bonds is 7. The van der Waals surface area contributed by atoms with Crippen LogP contribution in [0.1, 0.15) is 6.92 Å². The first-order chi connectivity index (χ1) is 10.7. The molecule has 0 bridgehead atoms. The summed E-state index contributed by atoms with van der Waals surface area (Å²) in [5.41, 5.74) is 0. The van der Waals surface area contributed by atoms with Gasteiger partial charge in [-0.25, -0.2) is 4.79 Å². The molecule has 0 unspecified atom stereocenters. The number of hydrogen-bond acceptors (Lipinski definition) is 3. The highest BCUT2D eigenvalue weighted by Crippen LogP contribution is 2.09. The molecule has 2 aromatic carbocycles. The lowest BCUT2D eigenvalue weighted by atomic mass is 10.4. The third-order valence-electron chi connectivity index (χ3n) is 3.46. The molecule has 3 nitrogen and oxygen atoms in total. The Kier molecular flexibility index (Phi) is 5.69. The Morgan fingerprint density at radius 2 is 1.55 bits per heavy atom. The largest absolute Gasteiger partial charge is 0.462 e. The van der Waals surface area contributed by atoms with Gasteiger partial charge in [0, 0.05) is 12.7 Å². The molecule has 0 N–H and O–H groups in total. The van der Waals surface area contributed by atoms with Crippen LogP contribution in [0.5, 0.6) is 0 Å². The number of hydrogen-bond donors (Lipinski definition) is 0. The molecule has 0 aromatic heterocycles.